The van der Waals surface area contributed by atoms with Crippen molar-refractivity contribution in [2.75, 3.05) is 0 Å². The minimum absolute atomic E-state index is 0.242. The third-order valence-electron chi connectivity index (χ3n) is 2.77. The molecule has 1 aromatic carbocycles. The van der Waals surface area contributed by atoms with Gasteiger partial charge in [0, 0.05) is 12.7 Å². The second kappa shape index (κ2) is 5.52. The molecule has 0 N–H and O–H groups in total. The van der Waals surface area contributed by atoms with Crippen LogP contribution in [0.5, 0.6) is 0 Å². The molecule has 0 aliphatic carbocycles. The maximum absolute atomic E-state index is 13.6. The molecule has 6 heteroatoms. The molecule has 0 atom stereocenters. The van der Waals surface area contributed by atoms with Crippen LogP contribution in [-0.4, -0.2) is 18.0 Å². The van der Waals surface area contributed by atoms with Crippen LogP contribution in [0.25, 0.3) is 0 Å². The van der Waals surface area contributed by atoms with Gasteiger partial charge < -0.3 is 4.57 Å². The number of hydrogen-bond donors (Lipinski definition) is 0. The highest BCUT2D eigenvalue weighted by Crippen LogP contribution is 2.19. The van der Waals surface area contributed by atoms with Crippen molar-refractivity contribution in [3.05, 3.63) is 48.3 Å². The topological polar surface area (TPSA) is 52.0 Å². The van der Waals surface area contributed by atoms with Crippen LogP contribution in [0, 0.1) is 5.82 Å². The van der Waals surface area contributed by atoms with Gasteiger partial charge in [0.05, 0.1) is 17.8 Å². The Morgan fingerprint density at radius 3 is 2.74 bits per heavy atom. The van der Waals surface area contributed by atoms with Gasteiger partial charge in [-0.3, -0.25) is 0 Å². The van der Waals surface area contributed by atoms with E-state index in [2.05, 4.69) is 4.98 Å². The Morgan fingerprint density at radius 1 is 1.32 bits per heavy atom. The van der Waals surface area contributed by atoms with Gasteiger partial charge in [-0.05, 0) is 18.6 Å². The van der Waals surface area contributed by atoms with Crippen molar-refractivity contribution in [2.24, 2.45) is 0 Å². The lowest BCUT2D eigenvalue weighted by Crippen LogP contribution is -2.11. The monoisotopic (exact) mass is 282 g/mol. The smallest absolute Gasteiger partial charge is 0.186 e. The molecule has 0 saturated heterocycles. The van der Waals surface area contributed by atoms with Gasteiger partial charge >= 0.3 is 0 Å². The number of rotatable bonds is 5. The average molecular weight is 282 g/mol. The Balaban J connectivity index is 2.32. The number of aromatic nitrogens is 2. The van der Waals surface area contributed by atoms with E-state index in [4.69, 9.17) is 0 Å². The molecule has 0 unspecified atom stereocenters. The Kier molecular flexibility index (Phi) is 3.99. The molecule has 0 aliphatic rings. The molecular weight excluding hydrogens is 267 g/mol. The van der Waals surface area contributed by atoms with Crippen LogP contribution >= 0.6 is 0 Å². The lowest BCUT2D eigenvalue weighted by atomic mass is 10.3. The highest BCUT2D eigenvalue weighted by atomic mass is 32.2. The predicted molar refractivity (Wildman–Crippen MR) is 69.8 cm³/mol. The van der Waals surface area contributed by atoms with Gasteiger partial charge in [0.15, 0.2) is 9.84 Å². The van der Waals surface area contributed by atoms with E-state index in [1.54, 1.807) is 10.9 Å². The molecule has 1 heterocycles. The fourth-order valence-electron chi connectivity index (χ4n) is 1.88. The van der Waals surface area contributed by atoms with Crippen molar-refractivity contribution < 1.29 is 12.8 Å². The van der Waals surface area contributed by atoms with E-state index in [0.29, 0.717) is 12.2 Å². The minimum atomic E-state index is -3.69. The van der Waals surface area contributed by atoms with Gasteiger partial charge in [0.2, 0.25) is 0 Å². The van der Waals surface area contributed by atoms with Gasteiger partial charge in [-0.1, -0.05) is 19.1 Å². The van der Waals surface area contributed by atoms with Crippen molar-refractivity contribution in [1.29, 1.82) is 0 Å². The summed E-state index contributed by atoms with van der Waals surface area (Å²) >= 11 is 0. The van der Waals surface area contributed by atoms with Crippen LogP contribution in [0.2, 0.25) is 0 Å². The summed E-state index contributed by atoms with van der Waals surface area (Å²) in [5.41, 5.74) is 0.574. The number of imidazole rings is 1. The molecule has 4 nitrogen and oxygen atoms in total. The molecule has 0 amide bonds. The molecule has 1 aromatic heterocycles. The second-order valence-electron chi connectivity index (χ2n) is 4.27. The Morgan fingerprint density at radius 2 is 2.05 bits per heavy atom. The average Bonchev–Trinajstić information content (AvgIpc) is 2.77. The zero-order valence-electron chi connectivity index (χ0n) is 10.6. The van der Waals surface area contributed by atoms with Gasteiger partial charge in [-0.2, -0.15) is 0 Å². The lowest BCUT2D eigenvalue weighted by molar-refractivity contribution is 0.563. The molecule has 0 spiro atoms. The molecule has 19 heavy (non-hydrogen) atoms. The van der Waals surface area contributed by atoms with Crippen LogP contribution in [-0.2, 0) is 22.1 Å². The van der Waals surface area contributed by atoms with E-state index >= 15 is 0 Å². The van der Waals surface area contributed by atoms with E-state index in [1.807, 2.05) is 6.92 Å². The first-order valence-corrected chi connectivity index (χ1v) is 7.66. The fraction of sp³-hybridized carbons (Fsp3) is 0.308. The van der Waals surface area contributed by atoms with Crippen LogP contribution in [0.4, 0.5) is 4.39 Å². The molecule has 0 radical (unpaired) electrons. The quantitative estimate of drug-likeness (QED) is 0.846. The van der Waals surface area contributed by atoms with Crippen molar-refractivity contribution in [3.63, 3.8) is 0 Å². The largest absolute Gasteiger partial charge is 0.334 e. The molecule has 0 bridgehead atoms. The van der Waals surface area contributed by atoms with Gasteiger partial charge in [-0.15, -0.1) is 0 Å². The molecule has 2 aromatic rings. The van der Waals surface area contributed by atoms with E-state index < -0.39 is 15.7 Å². The summed E-state index contributed by atoms with van der Waals surface area (Å²) < 4.78 is 39.7. The second-order valence-corrected chi connectivity index (χ2v) is 6.23. The normalized spacial score (nSPS) is 11.7. The third kappa shape index (κ3) is 3.01. The standard InChI is InChI=1S/C13H15FN2O2S/c1-2-7-16-10-15-8-11(16)9-19(17,18)13-6-4-3-5-12(13)14/h3-6,8,10H,2,7,9H2,1H3. The number of benzene rings is 1. The predicted octanol–water partition coefficient (Wildman–Crippen LogP) is 2.41. The molecule has 0 saturated carbocycles. The summed E-state index contributed by atoms with van der Waals surface area (Å²) in [7, 11) is -3.69. The van der Waals surface area contributed by atoms with Crippen LogP contribution < -0.4 is 0 Å². The summed E-state index contributed by atoms with van der Waals surface area (Å²) in [6.07, 6.45) is 3.98. The number of nitrogens with zero attached hydrogens (tertiary/aromatic N) is 2. The molecule has 0 aliphatic heterocycles. The first-order chi connectivity index (χ1) is 9.04. The first kappa shape index (κ1) is 13.7. The summed E-state index contributed by atoms with van der Waals surface area (Å²) in [6.45, 7) is 2.69. The summed E-state index contributed by atoms with van der Waals surface area (Å²) in [6, 6.07) is 5.41. The molecular formula is C13H15FN2O2S. The lowest BCUT2D eigenvalue weighted by Gasteiger charge is -2.08. The number of halogens is 1. The van der Waals surface area contributed by atoms with E-state index in [1.165, 1.54) is 24.4 Å². The first-order valence-electron chi connectivity index (χ1n) is 6.01. The molecule has 0 fully saturated rings. The Labute approximate surface area is 111 Å². The number of aryl methyl sites for hydroxylation is 1. The summed E-state index contributed by atoms with van der Waals surface area (Å²) in [4.78, 5) is 3.68. The van der Waals surface area contributed by atoms with Crippen LogP contribution in [0.1, 0.15) is 19.0 Å². The molecule has 102 valence electrons. The van der Waals surface area contributed by atoms with Crippen molar-refractivity contribution in [2.45, 2.75) is 30.5 Å². The van der Waals surface area contributed by atoms with Crippen LogP contribution in [0.3, 0.4) is 0 Å². The van der Waals surface area contributed by atoms with Crippen molar-refractivity contribution in [3.8, 4) is 0 Å². The minimum Gasteiger partial charge on any atom is -0.334 e. The van der Waals surface area contributed by atoms with E-state index in [0.717, 1.165) is 12.5 Å². The zero-order chi connectivity index (χ0) is 13.9. The third-order valence-corrected chi connectivity index (χ3v) is 4.45. The fourth-order valence-corrected chi connectivity index (χ4v) is 3.32. The van der Waals surface area contributed by atoms with E-state index in [9.17, 15) is 12.8 Å². The van der Waals surface area contributed by atoms with Gasteiger partial charge in [-0.25, -0.2) is 17.8 Å². The Bertz CT molecular complexity index is 665. The zero-order valence-corrected chi connectivity index (χ0v) is 11.4. The van der Waals surface area contributed by atoms with Gasteiger partial charge in [0.25, 0.3) is 0 Å². The summed E-state index contributed by atoms with van der Waals surface area (Å²) in [5, 5.41) is 0. The number of hydrogen-bond acceptors (Lipinski definition) is 3. The number of sulfone groups is 1. The maximum Gasteiger partial charge on any atom is 0.186 e. The van der Waals surface area contributed by atoms with E-state index in [-0.39, 0.29) is 10.6 Å². The van der Waals surface area contributed by atoms with Gasteiger partial charge in [0.1, 0.15) is 10.7 Å². The highest BCUT2D eigenvalue weighted by Gasteiger charge is 2.21. The van der Waals surface area contributed by atoms with Crippen molar-refractivity contribution >= 4 is 9.84 Å². The highest BCUT2D eigenvalue weighted by molar-refractivity contribution is 7.90. The SMILES string of the molecule is CCCn1cncc1CS(=O)(=O)c1ccccc1F. The maximum atomic E-state index is 13.6. The molecule has 2 rings (SSSR count). The van der Waals surface area contributed by atoms with Crippen molar-refractivity contribution in [1.82, 2.24) is 9.55 Å². The van der Waals surface area contributed by atoms with Crippen LogP contribution in [0.15, 0.2) is 41.7 Å². The Hall–Kier alpha value is -1.69. The summed E-state index contributed by atoms with van der Waals surface area (Å²) in [5.74, 6) is -0.961.